The number of benzene rings is 2. The summed E-state index contributed by atoms with van der Waals surface area (Å²) >= 11 is 1.40. The number of para-hydroxylation sites is 2. The highest BCUT2D eigenvalue weighted by Crippen LogP contribution is 2.22. The van der Waals surface area contributed by atoms with E-state index in [1.165, 1.54) is 15.9 Å². The number of carbonyl (C=O) groups excluding carboxylic acids is 1. The Morgan fingerprint density at radius 2 is 1.93 bits per heavy atom. The predicted molar refractivity (Wildman–Crippen MR) is 109 cm³/mol. The molecule has 0 bridgehead atoms. The van der Waals surface area contributed by atoms with Crippen molar-refractivity contribution < 1.29 is 9.21 Å². The molecule has 2 aromatic heterocycles. The number of terminal acetylenes is 1. The first-order chi connectivity index (χ1) is 13.5. The van der Waals surface area contributed by atoms with Crippen LogP contribution in [0.25, 0.3) is 21.3 Å². The summed E-state index contributed by atoms with van der Waals surface area (Å²) in [5.74, 6) is 1.59. The number of hydrogen-bond donors (Lipinski definition) is 0. The first kappa shape index (κ1) is 18.0. The fourth-order valence-electron chi connectivity index (χ4n) is 3.09. The lowest BCUT2D eigenvalue weighted by Crippen LogP contribution is -2.22. The highest BCUT2D eigenvalue weighted by Gasteiger charge is 2.13. The van der Waals surface area contributed by atoms with Crippen molar-refractivity contribution in [3.8, 4) is 12.3 Å². The summed E-state index contributed by atoms with van der Waals surface area (Å²) in [7, 11) is 0. The van der Waals surface area contributed by atoms with Crippen LogP contribution in [0.2, 0.25) is 0 Å². The summed E-state index contributed by atoms with van der Waals surface area (Å²) in [5, 5.41) is 0. The molecule has 0 spiro atoms. The van der Waals surface area contributed by atoms with E-state index in [0.717, 1.165) is 21.3 Å². The first-order valence-electron chi connectivity index (χ1n) is 8.68. The van der Waals surface area contributed by atoms with Crippen molar-refractivity contribution in [3.05, 3.63) is 62.9 Å². The molecule has 0 unspecified atom stereocenters. The van der Waals surface area contributed by atoms with E-state index in [1.807, 2.05) is 18.4 Å². The molecule has 1 amide bonds. The third-order valence-corrected chi connectivity index (χ3v) is 5.68. The van der Waals surface area contributed by atoms with Gasteiger partial charge in [0.1, 0.15) is 6.54 Å². The number of oxazole rings is 1. The van der Waals surface area contributed by atoms with E-state index in [4.69, 9.17) is 10.8 Å². The van der Waals surface area contributed by atoms with Crippen LogP contribution in [0.15, 0.2) is 50.6 Å². The van der Waals surface area contributed by atoms with E-state index in [9.17, 15) is 9.59 Å². The van der Waals surface area contributed by atoms with Crippen molar-refractivity contribution in [1.82, 2.24) is 9.13 Å². The number of thiazole rings is 1. The molecule has 4 rings (SSSR count). The fourth-order valence-corrected chi connectivity index (χ4v) is 4.22. The molecule has 0 N–H and O–H groups in total. The maximum absolute atomic E-state index is 12.6. The zero-order valence-electron chi connectivity index (χ0n) is 15.4. The van der Waals surface area contributed by atoms with Gasteiger partial charge in [0.25, 0.3) is 5.91 Å². The smallest absolute Gasteiger partial charge is 0.408 e. The summed E-state index contributed by atoms with van der Waals surface area (Å²) < 4.78 is 9.32. The molecule has 4 aromatic rings. The molecule has 0 fully saturated rings. The molecule has 0 radical (unpaired) electrons. The maximum Gasteiger partial charge on any atom is 0.420 e. The van der Waals surface area contributed by atoms with Crippen LogP contribution in [0, 0.1) is 26.2 Å². The minimum absolute atomic E-state index is 0.196. The molecule has 140 valence electrons. The number of fused-ring (bicyclic) bond motifs is 2. The van der Waals surface area contributed by atoms with Gasteiger partial charge in [0, 0.05) is 0 Å². The van der Waals surface area contributed by atoms with Gasteiger partial charge >= 0.3 is 5.76 Å². The van der Waals surface area contributed by atoms with Crippen molar-refractivity contribution in [1.29, 1.82) is 0 Å². The van der Waals surface area contributed by atoms with Crippen LogP contribution in [0.5, 0.6) is 0 Å². The van der Waals surface area contributed by atoms with E-state index in [1.54, 1.807) is 24.3 Å². The quantitative estimate of drug-likeness (QED) is 0.504. The number of amides is 1. The molecule has 0 aliphatic heterocycles. The molecule has 7 heteroatoms. The van der Waals surface area contributed by atoms with Crippen LogP contribution in [0.1, 0.15) is 11.1 Å². The summed E-state index contributed by atoms with van der Waals surface area (Å²) in [6.07, 6.45) is 5.52. The van der Waals surface area contributed by atoms with Crippen LogP contribution in [0.4, 0.5) is 0 Å². The fraction of sp³-hybridized carbons (Fsp3) is 0.190. The summed E-state index contributed by atoms with van der Waals surface area (Å²) in [4.78, 5) is 29.5. The van der Waals surface area contributed by atoms with Crippen molar-refractivity contribution in [3.63, 3.8) is 0 Å². The summed E-state index contributed by atoms with van der Waals surface area (Å²) in [6.45, 7) is 4.19. The van der Waals surface area contributed by atoms with E-state index < -0.39 is 11.7 Å². The Labute approximate surface area is 164 Å². The van der Waals surface area contributed by atoms with Gasteiger partial charge < -0.3 is 8.98 Å². The standard InChI is InChI=1S/C21H17N3O3S/c1-4-9-23-16-10-13(2)14(3)11-18(16)28-20(23)22-19(25)12-24-15-7-5-6-8-17(15)27-21(24)26/h1,5-8,10-11H,9,12H2,2-3H3. The van der Waals surface area contributed by atoms with Gasteiger partial charge in [-0.15, -0.1) is 6.42 Å². The van der Waals surface area contributed by atoms with Gasteiger partial charge in [0.05, 0.1) is 22.3 Å². The average Bonchev–Trinajstić information content (AvgIpc) is 3.14. The van der Waals surface area contributed by atoms with Crippen LogP contribution >= 0.6 is 11.3 Å². The Kier molecular flexibility index (Phi) is 4.49. The molecule has 0 aliphatic rings. The molecular weight excluding hydrogens is 374 g/mol. The average molecular weight is 391 g/mol. The number of rotatable bonds is 3. The van der Waals surface area contributed by atoms with Crippen molar-refractivity contribution in [2.45, 2.75) is 26.9 Å². The van der Waals surface area contributed by atoms with Crippen molar-refractivity contribution in [2.75, 3.05) is 0 Å². The van der Waals surface area contributed by atoms with Gasteiger partial charge in [-0.25, -0.2) is 4.79 Å². The number of hydrogen-bond acceptors (Lipinski definition) is 4. The predicted octanol–water partition coefficient (Wildman–Crippen LogP) is 2.99. The van der Waals surface area contributed by atoms with Gasteiger partial charge in [0.2, 0.25) is 0 Å². The second-order valence-electron chi connectivity index (χ2n) is 6.51. The molecule has 2 heterocycles. The van der Waals surface area contributed by atoms with Gasteiger partial charge in [0.15, 0.2) is 10.4 Å². The zero-order valence-corrected chi connectivity index (χ0v) is 16.2. The number of aromatic nitrogens is 2. The Morgan fingerprint density at radius 1 is 1.18 bits per heavy atom. The molecular formula is C21H17N3O3S. The Bertz CT molecular complexity index is 1390. The van der Waals surface area contributed by atoms with Crippen LogP contribution < -0.4 is 10.6 Å². The van der Waals surface area contributed by atoms with E-state index in [-0.39, 0.29) is 6.54 Å². The molecule has 0 atom stereocenters. The topological polar surface area (TPSA) is 69.5 Å². The van der Waals surface area contributed by atoms with Crippen LogP contribution in [-0.4, -0.2) is 15.0 Å². The monoisotopic (exact) mass is 391 g/mol. The molecule has 28 heavy (non-hydrogen) atoms. The zero-order chi connectivity index (χ0) is 19.8. The SMILES string of the molecule is C#CCn1c(=NC(=O)Cn2c(=O)oc3ccccc32)sc2cc(C)c(C)cc21. The highest BCUT2D eigenvalue weighted by molar-refractivity contribution is 7.16. The summed E-state index contributed by atoms with van der Waals surface area (Å²) in [5.41, 5.74) is 4.26. The molecule has 2 aromatic carbocycles. The molecule has 0 saturated carbocycles. The Hall–Kier alpha value is -3.37. The maximum atomic E-state index is 12.6. The third-order valence-electron chi connectivity index (χ3n) is 4.64. The van der Waals surface area contributed by atoms with Gasteiger partial charge in [-0.3, -0.25) is 9.36 Å². The Morgan fingerprint density at radius 3 is 2.71 bits per heavy atom. The van der Waals surface area contributed by atoms with E-state index in [0.29, 0.717) is 22.4 Å². The largest absolute Gasteiger partial charge is 0.420 e. The van der Waals surface area contributed by atoms with Gasteiger partial charge in [-0.2, -0.15) is 4.99 Å². The molecule has 0 aliphatic carbocycles. The van der Waals surface area contributed by atoms with Crippen molar-refractivity contribution >= 4 is 38.6 Å². The number of carbonyl (C=O) groups is 1. The van der Waals surface area contributed by atoms with E-state index >= 15 is 0 Å². The molecule has 6 nitrogen and oxygen atoms in total. The van der Waals surface area contributed by atoms with Gasteiger partial charge in [-0.05, 0) is 49.2 Å². The lowest BCUT2D eigenvalue weighted by molar-refractivity contribution is -0.118. The number of nitrogens with zero attached hydrogens (tertiary/aromatic N) is 3. The lowest BCUT2D eigenvalue weighted by Gasteiger charge is -2.03. The molecule has 0 saturated heterocycles. The minimum atomic E-state index is -0.580. The van der Waals surface area contributed by atoms with Gasteiger partial charge in [-0.1, -0.05) is 29.4 Å². The normalized spacial score (nSPS) is 12.0. The number of aryl methyl sites for hydroxylation is 2. The second-order valence-corrected chi connectivity index (χ2v) is 7.52. The van der Waals surface area contributed by atoms with Crippen LogP contribution in [0.3, 0.4) is 0 Å². The van der Waals surface area contributed by atoms with Crippen LogP contribution in [-0.2, 0) is 17.9 Å². The third kappa shape index (κ3) is 3.08. The van der Waals surface area contributed by atoms with E-state index in [2.05, 4.69) is 23.0 Å². The highest BCUT2D eigenvalue weighted by atomic mass is 32.1. The first-order valence-corrected chi connectivity index (χ1v) is 9.49. The minimum Gasteiger partial charge on any atom is -0.408 e. The lowest BCUT2D eigenvalue weighted by atomic mass is 10.1. The van der Waals surface area contributed by atoms with Crippen molar-refractivity contribution in [2.24, 2.45) is 4.99 Å². The summed E-state index contributed by atoms with van der Waals surface area (Å²) in [6, 6.07) is 11.1. The Balaban J connectivity index is 1.79. The second kappa shape index (κ2) is 6.98.